The number of hydrogen-bond acceptors (Lipinski definition) is 3. The molecule has 0 aliphatic heterocycles. The van der Waals surface area contributed by atoms with Crippen LogP contribution >= 0.6 is 23.2 Å². The maximum absolute atomic E-state index is 10.4. The predicted molar refractivity (Wildman–Crippen MR) is 49.9 cm³/mol. The Bertz CT molecular complexity index is 399. The molecule has 14 heavy (non-hydrogen) atoms. The van der Waals surface area contributed by atoms with Gasteiger partial charge < -0.3 is 4.55 Å². The van der Waals surface area contributed by atoms with Gasteiger partial charge in [-0.2, -0.15) is 0 Å². The minimum atomic E-state index is -4.34. The van der Waals surface area contributed by atoms with Crippen molar-refractivity contribution in [3.05, 3.63) is 33.8 Å². The number of halogens is 2. The van der Waals surface area contributed by atoms with Crippen molar-refractivity contribution in [3.8, 4) is 0 Å². The fraction of sp³-hybridized carbons (Fsp3) is 0.143. The third-order valence-corrected chi connectivity index (χ3v) is 2.73. The van der Waals surface area contributed by atoms with Crippen molar-refractivity contribution in [2.24, 2.45) is 0 Å². The van der Waals surface area contributed by atoms with E-state index in [1.165, 1.54) is 12.1 Å². The number of benzene rings is 1. The average molecular weight is 263 g/mol. The molecule has 0 fully saturated rings. The zero-order chi connectivity index (χ0) is 10.1. The minimum Gasteiger partial charge on any atom is -0.748 e. The second-order valence-corrected chi connectivity index (χ2v) is 4.62. The van der Waals surface area contributed by atoms with Crippen LogP contribution in [0.25, 0.3) is 0 Å². The van der Waals surface area contributed by atoms with E-state index in [-0.39, 0.29) is 45.2 Å². The Kier molecular flexibility index (Phi) is 5.99. The summed E-state index contributed by atoms with van der Waals surface area (Å²) in [6.07, 6.45) is 0. The van der Waals surface area contributed by atoms with Gasteiger partial charge in [0.15, 0.2) is 0 Å². The Hall–Kier alpha value is 0.710. The van der Waals surface area contributed by atoms with Gasteiger partial charge in [0.1, 0.15) is 0 Å². The Morgan fingerprint density at radius 3 is 2.00 bits per heavy atom. The molecular formula is C7H5Cl2NaO3S. The van der Waals surface area contributed by atoms with Crippen molar-refractivity contribution in [1.82, 2.24) is 0 Å². The smallest absolute Gasteiger partial charge is 0.748 e. The Balaban J connectivity index is 0.00000169. The SMILES string of the molecule is O=S(=O)([O-])Cc1c(Cl)cccc1Cl.[Na+]. The molecule has 0 saturated heterocycles. The van der Waals surface area contributed by atoms with Crippen LogP contribution in [0, 0.1) is 0 Å². The van der Waals surface area contributed by atoms with Gasteiger partial charge in [0.05, 0.1) is 15.9 Å². The molecule has 0 aromatic heterocycles. The van der Waals surface area contributed by atoms with Crippen LogP contribution in [0.15, 0.2) is 18.2 Å². The van der Waals surface area contributed by atoms with Crippen molar-refractivity contribution in [2.45, 2.75) is 5.75 Å². The van der Waals surface area contributed by atoms with E-state index < -0.39 is 15.9 Å². The van der Waals surface area contributed by atoms with Gasteiger partial charge in [0.2, 0.25) is 0 Å². The summed E-state index contributed by atoms with van der Waals surface area (Å²) < 4.78 is 31.3. The van der Waals surface area contributed by atoms with Gasteiger partial charge in [-0.05, 0) is 12.1 Å². The molecule has 1 aromatic carbocycles. The van der Waals surface area contributed by atoms with Gasteiger partial charge in [-0.25, -0.2) is 8.42 Å². The van der Waals surface area contributed by atoms with Crippen molar-refractivity contribution in [3.63, 3.8) is 0 Å². The first kappa shape index (κ1) is 14.7. The predicted octanol–water partition coefficient (Wildman–Crippen LogP) is -0.957. The topological polar surface area (TPSA) is 57.2 Å². The molecule has 7 heteroatoms. The van der Waals surface area contributed by atoms with E-state index in [0.717, 1.165) is 0 Å². The van der Waals surface area contributed by atoms with Gasteiger partial charge in [-0.3, -0.25) is 0 Å². The average Bonchev–Trinajstić information content (AvgIpc) is 1.95. The van der Waals surface area contributed by atoms with Gasteiger partial charge in [0.25, 0.3) is 0 Å². The number of hydrogen-bond donors (Lipinski definition) is 0. The molecule has 0 bridgehead atoms. The Morgan fingerprint density at radius 2 is 1.64 bits per heavy atom. The summed E-state index contributed by atoms with van der Waals surface area (Å²) in [5.74, 6) is -0.675. The molecule has 0 saturated carbocycles. The third kappa shape index (κ3) is 4.49. The van der Waals surface area contributed by atoms with Crippen molar-refractivity contribution in [1.29, 1.82) is 0 Å². The molecule has 72 valence electrons. The molecule has 0 heterocycles. The maximum atomic E-state index is 10.4. The zero-order valence-corrected chi connectivity index (χ0v) is 11.7. The molecule has 0 radical (unpaired) electrons. The summed E-state index contributed by atoms with van der Waals surface area (Å²) in [7, 11) is -4.34. The van der Waals surface area contributed by atoms with E-state index in [1.54, 1.807) is 6.07 Å². The monoisotopic (exact) mass is 262 g/mol. The first-order chi connectivity index (χ1) is 5.90. The van der Waals surface area contributed by atoms with E-state index in [0.29, 0.717) is 0 Å². The Morgan fingerprint density at radius 1 is 1.21 bits per heavy atom. The zero-order valence-electron chi connectivity index (χ0n) is 7.33. The van der Waals surface area contributed by atoms with Gasteiger partial charge in [0, 0.05) is 15.6 Å². The second-order valence-electron chi connectivity index (χ2n) is 2.40. The molecule has 0 amide bonds. The van der Waals surface area contributed by atoms with Gasteiger partial charge in [-0.1, -0.05) is 29.3 Å². The number of rotatable bonds is 2. The van der Waals surface area contributed by atoms with Crippen LogP contribution < -0.4 is 29.6 Å². The summed E-state index contributed by atoms with van der Waals surface area (Å²) in [4.78, 5) is 0. The first-order valence-electron chi connectivity index (χ1n) is 3.26. The van der Waals surface area contributed by atoms with Crippen LogP contribution in [-0.2, 0) is 15.9 Å². The van der Waals surface area contributed by atoms with Crippen molar-refractivity contribution >= 4 is 33.3 Å². The van der Waals surface area contributed by atoms with E-state index in [1.807, 2.05) is 0 Å². The van der Waals surface area contributed by atoms with E-state index >= 15 is 0 Å². The van der Waals surface area contributed by atoms with Crippen LogP contribution in [-0.4, -0.2) is 13.0 Å². The standard InChI is InChI=1S/C7H6Cl2O3S.Na/c8-6-2-1-3-7(9)5(6)4-13(10,11)12;/h1-3H,4H2,(H,10,11,12);/q;+1/p-1. The molecule has 3 nitrogen and oxygen atoms in total. The summed E-state index contributed by atoms with van der Waals surface area (Å²) in [6.45, 7) is 0. The first-order valence-corrected chi connectivity index (χ1v) is 5.60. The largest absolute Gasteiger partial charge is 1.00 e. The molecule has 0 aliphatic carbocycles. The Labute approximate surface area is 114 Å². The van der Waals surface area contributed by atoms with Gasteiger partial charge >= 0.3 is 29.6 Å². The summed E-state index contributed by atoms with van der Waals surface area (Å²) in [6, 6.07) is 4.54. The minimum absolute atomic E-state index is 0. The van der Waals surface area contributed by atoms with Crippen LogP contribution in [0.4, 0.5) is 0 Å². The molecule has 0 atom stereocenters. The summed E-state index contributed by atoms with van der Waals surface area (Å²) in [5.41, 5.74) is 0.154. The molecule has 1 aromatic rings. The molecule has 0 spiro atoms. The van der Waals surface area contributed by atoms with Crippen molar-refractivity contribution in [2.75, 3.05) is 0 Å². The molecule has 1 rings (SSSR count). The van der Waals surface area contributed by atoms with E-state index in [9.17, 15) is 13.0 Å². The molecule has 0 N–H and O–H groups in total. The van der Waals surface area contributed by atoms with Crippen LogP contribution in [0.1, 0.15) is 5.56 Å². The fourth-order valence-electron chi connectivity index (χ4n) is 0.847. The van der Waals surface area contributed by atoms with E-state index in [2.05, 4.69) is 0 Å². The van der Waals surface area contributed by atoms with Crippen LogP contribution in [0.2, 0.25) is 10.0 Å². The third-order valence-electron chi connectivity index (χ3n) is 1.38. The molecule has 0 unspecified atom stereocenters. The molecule has 0 aliphatic rings. The van der Waals surface area contributed by atoms with Crippen LogP contribution in [0.3, 0.4) is 0 Å². The van der Waals surface area contributed by atoms with E-state index in [4.69, 9.17) is 23.2 Å². The van der Waals surface area contributed by atoms with Crippen LogP contribution in [0.5, 0.6) is 0 Å². The van der Waals surface area contributed by atoms with Crippen molar-refractivity contribution < 1.29 is 42.5 Å². The summed E-state index contributed by atoms with van der Waals surface area (Å²) in [5, 5.41) is 0.374. The maximum Gasteiger partial charge on any atom is 1.00 e. The molecular weight excluding hydrogens is 258 g/mol. The quantitative estimate of drug-likeness (QED) is 0.510. The second kappa shape index (κ2) is 5.70. The fourth-order valence-corrected chi connectivity index (χ4v) is 2.20. The summed E-state index contributed by atoms with van der Waals surface area (Å²) >= 11 is 11.3. The van der Waals surface area contributed by atoms with Gasteiger partial charge in [-0.15, -0.1) is 0 Å². The normalized spacial score (nSPS) is 10.8.